The van der Waals surface area contributed by atoms with Crippen molar-refractivity contribution in [3.8, 4) is 0 Å². The summed E-state index contributed by atoms with van der Waals surface area (Å²) in [6.45, 7) is 4.95. The molecule has 0 aliphatic rings. The average molecular weight is 250 g/mol. The van der Waals surface area contributed by atoms with E-state index in [-0.39, 0.29) is 24.6 Å². The molecular weight excluding hydrogens is 232 g/mol. The lowest BCUT2D eigenvalue weighted by Crippen LogP contribution is -2.12. The summed E-state index contributed by atoms with van der Waals surface area (Å²) in [6.07, 6.45) is 0.0878. The minimum Gasteiger partial charge on any atom is -0.466 e. The maximum absolute atomic E-state index is 11.1. The molecule has 0 fully saturated rings. The highest BCUT2D eigenvalue weighted by molar-refractivity contribution is 5.66. The second-order valence-electron chi connectivity index (χ2n) is 4.14. The molecule has 0 amide bonds. The van der Waals surface area contributed by atoms with E-state index in [4.69, 9.17) is 9.47 Å². The summed E-state index contributed by atoms with van der Waals surface area (Å²) in [5.41, 5.74) is 2.04. The minimum atomic E-state index is -0.373. The molecule has 98 valence electrons. The summed E-state index contributed by atoms with van der Waals surface area (Å²) in [4.78, 5) is 21.8. The summed E-state index contributed by atoms with van der Waals surface area (Å²) in [5.74, 6) is -0.677. The molecule has 0 N–H and O–H groups in total. The molecule has 4 heteroatoms. The maximum Gasteiger partial charge on any atom is 0.303 e. The van der Waals surface area contributed by atoms with Crippen molar-refractivity contribution < 1.29 is 19.1 Å². The SMILES string of the molecule is CC(=O)OCCC(OC(C)=O)c1ccc(C)cc1. The Morgan fingerprint density at radius 2 is 1.72 bits per heavy atom. The van der Waals surface area contributed by atoms with Gasteiger partial charge >= 0.3 is 11.9 Å². The first-order valence-electron chi connectivity index (χ1n) is 5.86. The van der Waals surface area contributed by atoms with Crippen molar-refractivity contribution in [3.63, 3.8) is 0 Å². The monoisotopic (exact) mass is 250 g/mol. The van der Waals surface area contributed by atoms with Gasteiger partial charge in [-0.3, -0.25) is 9.59 Å². The van der Waals surface area contributed by atoms with Crippen LogP contribution in [0.3, 0.4) is 0 Å². The Labute approximate surface area is 107 Å². The molecule has 1 aromatic rings. The van der Waals surface area contributed by atoms with Crippen LogP contribution in [0.5, 0.6) is 0 Å². The van der Waals surface area contributed by atoms with Crippen LogP contribution in [0.1, 0.15) is 37.5 Å². The van der Waals surface area contributed by atoms with E-state index in [1.807, 2.05) is 31.2 Å². The molecule has 1 rings (SSSR count). The largest absolute Gasteiger partial charge is 0.466 e. The van der Waals surface area contributed by atoms with Crippen molar-refractivity contribution in [1.82, 2.24) is 0 Å². The number of aryl methyl sites for hydroxylation is 1. The third-order valence-corrected chi connectivity index (χ3v) is 2.44. The van der Waals surface area contributed by atoms with Crippen molar-refractivity contribution in [2.24, 2.45) is 0 Å². The van der Waals surface area contributed by atoms with Crippen molar-refractivity contribution in [2.75, 3.05) is 6.61 Å². The van der Waals surface area contributed by atoms with Gasteiger partial charge in [-0.05, 0) is 12.5 Å². The molecule has 0 aliphatic heterocycles. The Kier molecular flexibility index (Phi) is 5.36. The van der Waals surface area contributed by atoms with Gasteiger partial charge in [0.2, 0.25) is 0 Å². The number of hydrogen-bond acceptors (Lipinski definition) is 4. The third-order valence-electron chi connectivity index (χ3n) is 2.44. The molecule has 1 unspecified atom stereocenters. The third kappa shape index (κ3) is 4.99. The zero-order chi connectivity index (χ0) is 13.5. The highest BCUT2D eigenvalue weighted by atomic mass is 16.6. The van der Waals surface area contributed by atoms with Crippen LogP contribution in [-0.4, -0.2) is 18.5 Å². The number of ether oxygens (including phenoxy) is 2. The van der Waals surface area contributed by atoms with Gasteiger partial charge in [0.1, 0.15) is 6.10 Å². The molecule has 0 aromatic heterocycles. The zero-order valence-corrected chi connectivity index (χ0v) is 10.9. The first-order valence-corrected chi connectivity index (χ1v) is 5.86. The highest BCUT2D eigenvalue weighted by Crippen LogP contribution is 2.22. The van der Waals surface area contributed by atoms with Gasteiger partial charge in [-0.25, -0.2) is 0 Å². The van der Waals surface area contributed by atoms with Gasteiger partial charge in [0.15, 0.2) is 0 Å². The number of carbonyl (C=O) groups excluding carboxylic acids is 2. The molecule has 1 aromatic carbocycles. The number of benzene rings is 1. The molecule has 0 radical (unpaired) electrons. The van der Waals surface area contributed by atoms with Crippen LogP contribution in [-0.2, 0) is 19.1 Å². The fourth-order valence-electron chi connectivity index (χ4n) is 1.58. The smallest absolute Gasteiger partial charge is 0.303 e. The lowest BCUT2D eigenvalue weighted by atomic mass is 10.1. The second kappa shape index (κ2) is 6.79. The van der Waals surface area contributed by atoms with E-state index in [1.54, 1.807) is 0 Å². The predicted molar refractivity (Wildman–Crippen MR) is 66.9 cm³/mol. The van der Waals surface area contributed by atoms with E-state index in [2.05, 4.69) is 0 Å². The number of hydrogen-bond donors (Lipinski definition) is 0. The number of esters is 2. The van der Waals surface area contributed by atoms with E-state index >= 15 is 0 Å². The second-order valence-corrected chi connectivity index (χ2v) is 4.14. The molecule has 0 aliphatic carbocycles. The van der Waals surface area contributed by atoms with Gasteiger partial charge in [-0.2, -0.15) is 0 Å². The topological polar surface area (TPSA) is 52.6 Å². The van der Waals surface area contributed by atoms with Crippen LogP contribution in [0.4, 0.5) is 0 Å². The van der Waals surface area contributed by atoms with Crippen LogP contribution < -0.4 is 0 Å². The van der Waals surface area contributed by atoms with Crippen molar-refractivity contribution >= 4 is 11.9 Å². The molecule has 0 heterocycles. The summed E-state index contributed by atoms with van der Waals surface area (Å²) in [6, 6.07) is 7.74. The molecule has 4 nitrogen and oxygen atoms in total. The minimum absolute atomic E-state index is 0.237. The first kappa shape index (κ1) is 14.2. The fourth-order valence-corrected chi connectivity index (χ4v) is 1.58. The molecule has 0 saturated heterocycles. The normalized spacial score (nSPS) is 11.7. The van der Waals surface area contributed by atoms with Crippen LogP contribution in [0.25, 0.3) is 0 Å². The van der Waals surface area contributed by atoms with Crippen molar-refractivity contribution in [3.05, 3.63) is 35.4 Å². The van der Waals surface area contributed by atoms with Gasteiger partial charge in [0, 0.05) is 20.3 Å². The van der Waals surface area contributed by atoms with Crippen LogP contribution in [0.15, 0.2) is 24.3 Å². The number of rotatable bonds is 5. The van der Waals surface area contributed by atoms with Crippen molar-refractivity contribution in [1.29, 1.82) is 0 Å². The first-order chi connectivity index (χ1) is 8.49. The average Bonchev–Trinajstić information content (AvgIpc) is 2.28. The zero-order valence-electron chi connectivity index (χ0n) is 10.9. The fraction of sp³-hybridized carbons (Fsp3) is 0.429. The van der Waals surface area contributed by atoms with E-state index in [0.29, 0.717) is 6.42 Å². The molecule has 0 saturated carbocycles. The van der Waals surface area contributed by atoms with E-state index in [1.165, 1.54) is 13.8 Å². The van der Waals surface area contributed by atoms with Gasteiger partial charge in [-0.15, -0.1) is 0 Å². The Morgan fingerprint density at radius 3 is 2.22 bits per heavy atom. The highest BCUT2D eigenvalue weighted by Gasteiger charge is 2.15. The van der Waals surface area contributed by atoms with Crippen molar-refractivity contribution in [2.45, 2.75) is 33.3 Å². The van der Waals surface area contributed by atoms with Crippen LogP contribution >= 0.6 is 0 Å². The van der Waals surface area contributed by atoms with Gasteiger partial charge in [0.05, 0.1) is 6.61 Å². The maximum atomic E-state index is 11.1. The van der Waals surface area contributed by atoms with E-state index < -0.39 is 0 Å². The Morgan fingerprint density at radius 1 is 1.11 bits per heavy atom. The van der Waals surface area contributed by atoms with Gasteiger partial charge in [-0.1, -0.05) is 29.8 Å². The van der Waals surface area contributed by atoms with E-state index in [9.17, 15) is 9.59 Å². The molecule has 0 spiro atoms. The van der Waals surface area contributed by atoms with Crippen LogP contribution in [0, 0.1) is 6.92 Å². The Bertz CT molecular complexity index is 408. The summed E-state index contributed by atoms with van der Waals surface area (Å²) in [5, 5.41) is 0. The molecule has 1 atom stereocenters. The van der Waals surface area contributed by atoms with Gasteiger partial charge in [0.25, 0.3) is 0 Å². The lowest BCUT2D eigenvalue weighted by Gasteiger charge is -2.17. The quantitative estimate of drug-likeness (QED) is 0.754. The number of carbonyl (C=O) groups is 2. The predicted octanol–water partition coefficient (Wildman–Crippen LogP) is 2.55. The molecule has 18 heavy (non-hydrogen) atoms. The van der Waals surface area contributed by atoms with Crippen LogP contribution in [0.2, 0.25) is 0 Å². The Hall–Kier alpha value is -1.84. The molecular formula is C14H18O4. The standard InChI is InChI=1S/C14H18O4/c1-10-4-6-13(7-5-10)14(18-12(3)16)8-9-17-11(2)15/h4-7,14H,8-9H2,1-3H3. The molecule has 0 bridgehead atoms. The summed E-state index contributed by atoms with van der Waals surface area (Å²) in [7, 11) is 0. The summed E-state index contributed by atoms with van der Waals surface area (Å²) >= 11 is 0. The Balaban J connectivity index is 2.68. The lowest BCUT2D eigenvalue weighted by molar-refractivity contribution is -0.149. The van der Waals surface area contributed by atoms with Gasteiger partial charge < -0.3 is 9.47 Å². The van der Waals surface area contributed by atoms with E-state index in [0.717, 1.165) is 11.1 Å². The summed E-state index contributed by atoms with van der Waals surface area (Å²) < 4.78 is 10.1.